The van der Waals surface area contributed by atoms with Crippen LogP contribution in [-0.4, -0.2) is 43.3 Å². The lowest BCUT2D eigenvalue weighted by atomic mass is 10.1. The highest BCUT2D eigenvalue weighted by molar-refractivity contribution is 7.93. The molecule has 3 aromatic carbocycles. The normalized spacial score (nSPS) is 14.9. The van der Waals surface area contributed by atoms with E-state index in [-0.39, 0.29) is 42.6 Å². The number of carbonyl (C=O) groups excluding carboxylic acids is 2. The van der Waals surface area contributed by atoms with Crippen molar-refractivity contribution < 1.29 is 18.0 Å². The zero-order valence-electron chi connectivity index (χ0n) is 21.8. The fourth-order valence-electron chi connectivity index (χ4n) is 4.61. The zero-order valence-corrected chi connectivity index (χ0v) is 24.1. The van der Waals surface area contributed by atoms with Gasteiger partial charge in [-0.3, -0.25) is 13.9 Å². The Morgan fingerprint density at radius 3 is 2.39 bits per heavy atom. The van der Waals surface area contributed by atoms with Gasteiger partial charge in [0.2, 0.25) is 11.8 Å². The molecule has 1 N–H and O–H groups in total. The maximum Gasteiger partial charge on any atom is 0.265 e. The summed E-state index contributed by atoms with van der Waals surface area (Å²) in [6.07, 6.45) is 0.331. The first-order chi connectivity index (χ1) is 17.8. The fourth-order valence-corrected chi connectivity index (χ4v) is 6.82. The van der Waals surface area contributed by atoms with Crippen molar-refractivity contribution in [1.29, 1.82) is 0 Å². The van der Waals surface area contributed by atoms with Crippen LogP contribution in [0.1, 0.15) is 46.1 Å². The van der Waals surface area contributed by atoms with Gasteiger partial charge in [0.15, 0.2) is 0 Å². The molecule has 202 valence electrons. The number of nitrogens with one attached hydrogen (secondary N) is 1. The number of benzene rings is 3. The van der Waals surface area contributed by atoms with E-state index in [4.69, 9.17) is 23.2 Å². The summed E-state index contributed by atoms with van der Waals surface area (Å²) in [5.41, 5.74) is 0.801. The lowest BCUT2D eigenvalue weighted by Gasteiger charge is -2.32. The second kappa shape index (κ2) is 10.8. The van der Waals surface area contributed by atoms with Gasteiger partial charge in [-0.1, -0.05) is 53.5 Å². The Morgan fingerprint density at radius 1 is 1.05 bits per heavy atom. The van der Waals surface area contributed by atoms with Crippen molar-refractivity contribution in [2.45, 2.75) is 63.6 Å². The summed E-state index contributed by atoms with van der Waals surface area (Å²) in [6.45, 7) is 7.53. The Labute approximate surface area is 233 Å². The molecule has 0 aliphatic carbocycles. The molecule has 1 atom stereocenters. The van der Waals surface area contributed by atoms with Crippen molar-refractivity contribution in [2.24, 2.45) is 0 Å². The number of hydrogen-bond donors (Lipinski definition) is 1. The number of rotatable bonds is 8. The molecule has 3 aromatic rings. The van der Waals surface area contributed by atoms with E-state index in [1.165, 1.54) is 9.21 Å². The fraction of sp³-hybridized carbons (Fsp3) is 0.357. The van der Waals surface area contributed by atoms with Crippen molar-refractivity contribution in [3.8, 4) is 0 Å². The largest absolute Gasteiger partial charge is 0.350 e. The smallest absolute Gasteiger partial charge is 0.265 e. The lowest BCUT2D eigenvalue weighted by Crippen LogP contribution is -2.52. The van der Waals surface area contributed by atoms with Gasteiger partial charge < -0.3 is 10.2 Å². The Hall–Kier alpha value is -2.81. The van der Waals surface area contributed by atoms with Gasteiger partial charge in [-0.25, -0.2) is 8.42 Å². The quantitative estimate of drug-likeness (QED) is 0.369. The number of amides is 2. The predicted octanol–water partition coefficient (Wildman–Crippen LogP) is 5.77. The molecule has 0 saturated heterocycles. The highest BCUT2D eigenvalue weighted by Crippen LogP contribution is 2.42. The summed E-state index contributed by atoms with van der Waals surface area (Å²) in [6, 6.07) is 15.0. The summed E-state index contributed by atoms with van der Waals surface area (Å²) >= 11 is 12.4. The molecule has 1 aliphatic rings. The molecule has 2 amide bonds. The third-order valence-corrected chi connectivity index (χ3v) is 8.90. The predicted molar refractivity (Wildman–Crippen MR) is 152 cm³/mol. The van der Waals surface area contributed by atoms with Gasteiger partial charge in [-0.05, 0) is 69.3 Å². The van der Waals surface area contributed by atoms with Crippen LogP contribution in [0, 0.1) is 0 Å². The minimum atomic E-state index is -3.71. The molecule has 1 unspecified atom stereocenters. The lowest BCUT2D eigenvalue weighted by molar-refractivity contribution is -0.141. The Morgan fingerprint density at radius 2 is 1.74 bits per heavy atom. The zero-order chi connectivity index (χ0) is 27.8. The first kappa shape index (κ1) is 28.2. The van der Waals surface area contributed by atoms with Crippen LogP contribution in [0.25, 0.3) is 10.8 Å². The maximum atomic E-state index is 13.5. The minimum absolute atomic E-state index is 0.0523. The highest BCUT2D eigenvalue weighted by Gasteiger charge is 2.35. The van der Waals surface area contributed by atoms with E-state index in [1.807, 2.05) is 39.0 Å². The SMILES string of the molecule is CC(C(=O)NC(C)(C)C)N(Cc1ccc(Cl)cc1Cl)C(=O)CCCN1c2cccc3cccc(c23)S1(=O)=O. The molecule has 0 aromatic heterocycles. The number of carbonyl (C=O) groups is 2. The van der Waals surface area contributed by atoms with Crippen LogP contribution in [0.3, 0.4) is 0 Å². The van der Waals surface area contributed by atoms with E-state index >= 15 is 0 Å². The molecule has 0 saturated carbocycles. The number of sulfonamides is 1. The Balaban J connectivity index is 1.52. The van der Waals surface area contributed by atoms with E-state index in [0.29, 0.717) is 26.7 Å². The molecular weight excluding hydrogens is 545 g/mol. The van der Waals surface area contributed by atoms with Crippen LogP contribution in [-0.2, 0) is 26.2 Å². The van der Waals surface area contributed by atoms with E-state index in [2.05, 4.69) is 5.32 Å². The summed E-state index contributed by atoms with van der Waals surface area (Å²) in [5.74, 6) is -0.569. The molecule has 1 aliphatic heterocycles. The molecule has 7 nitrogen and oxygen atoms in total. The van der Waals surface area contributed by atoms with Crippen LogP contribution in [0.15, 0.2) is 59.5 Å². The number of halogens is 2. The summed E-state index contributed by atoms with van der Waals surface area (Å²) in [5, 5.41) is 5.34. The van der Waals surface area contributed by atoms with Crippen molar-refractivity contribution in [3.05, 3.63) is 70.2 Å². The summed E-state index contributed by atoms with van der Waals surface area (Å²) in [7, 11) is -3.71. The van der Waals surface area contributed by atoms with Crippen LogP contribution in [0.5, 0.6) is 0 Å². The molecule has 0 spiro atoms. The van der Waals surface area contributed by atoms with E-state index in [1.54, 1.807) is 43.3 Å². The monoisotopic (exact) mass is 575 g/mol. The van der Waals surface area contributed by atoms with Gasteiger partial charge >= 0.3 is 0 Å². The van der Waals surface area contributed by atoms with Crippen molar-refractivity contribution >= 4 is 61.5 Å². The first-order valence-corrected chi connectivity index (χ1v) is 14.6. The molecule has 38 heavy (non-hydrogen) atoms. The van der Waals surface area contributed by atoms with E-state index < -0.39 is 21.6 Å². The highest BCUT2D eigenvalue weighted by atomic mass is 35.5. The van der Waals surface area contributed by atoms with Crippen LogP contribution < -0.4 is 9.62 Å². The summed E-state index contributed by atoms with van der Waals surface area (Å²) in [4.78, 5) is 28.2. The molecular formula is C28H31Cl2N3O4S. The summed E-state index contributed by atoms with van der Waals surface area (Å²) < 4.78 is 27.9. The van der Waals surface area contributed by atoms with Crippen molar-refractivity contribution in [2.75, 3.05) is 10.8 Å². The number of hydrogen-bond acceptors (Lipinski definition) is 4. The Bertz CT molecular complexity index is 1500. The first-order valence-electron chi connectivity index (χ1n) is 12.4. The molecule has 0 fully saturated rings. The molecule has 1 heterocycles. The van der Waals surface area contributed by atoms with E-state index in [9.17, 15) is 18.0 Å². The third kappa shape index (κ3) is 5.77. The van der Waals surface area contributed by atoms with Crippen LogP contribution >= 0.6 is 23.2 Å². The van der Waals surface area contributed by atoms with Gasteiger partial charge in [0, 0.05) is 40.5 Å². The van der Waals surface area contributed by atoms with Gasteiger partial charge in [0.25, 0.3) is 10.0 Å². The average molecular weight is 577 g/mol. The van der Waals surface area contributed by atoms with Gasteiger partial charge in [0.1, 0.15) is 6.04 Å². The molecule has 0 radical (unpaired) electrons. The maximum absolute atomic E-state index is 13.5. The average Bonchev–Trinajstić information content (AvgIpc) is 3.05. The van der Waals surface area contributed by atoms with Crippen LogP contribution in [0.2, 0.25) is 10.0 Å². The second-order valence-corrected chi connectivity index (χ2v) is 13.2. The number of nitrogens with zero attached hydrogens (tertiary/aromatic N) is 2. The topological polar surface area (TPSA) is 86.8 Å². The standard InChI is InChI=1S/C28H31Cl2N3O4S/c1-18(27(35)31-28(2,3)4)32(17-20-13-14-21(29)16-22(20)30)25(34)12-7-15-33-23-10-5-8-19-9-6-11-24(26(19)23)38(33,36)37/h5-6,8-11,13-14,16,18H,7,12,15,17H2,1-4H3,(H,31,35). The third-order valence-electron chi connectivity index (χ3n) is 6.45. The molecule has 0 bridgehead atoms. The van der Waals surface area contributed by atoms with Crippen LogP contribution in [0.4, 0.5) is 5.69 Å². The molecule has 4 rings (SSSR count). The number of anilines is 1. The van der Waals surface area contributed by atoms with Gasteiger partial charge in [-0.2, -0.15) is 0 Å². The molecule has 10 heteroatoms. The van der Waals surface area contributed by atoms with E-state index in [0.717, 1.165) is 5.39 Å². The second-order valence-electron chi connectivity index (χ2n) is 10.5. The van der Waals surface area contributed by atoms with Crippen molar-refractivity contribution in [3.63, 3.8) is 0 Å². The van der Waals surface area contributed by atoms with Gasteiger partial charge in [-0.15, -0.1) is 0 Å². The van der Waals surface area contributed by atoms with Gasteiger partial charge in [0.05, 0.1) is 10.6 Å². The Kier molecular flexibility index (Phi) is 7.98. The minimum Gasteiger partial charge on any atom is -0.350 e. The van der Waals surface area contributed by atoms with Crippen molar-refractivity contribution in [1.82, 2.24) is 10.2 Å².